The summed E-state index contributed by atoms with van der Waals surface area (Å²) < 4.78 is 5.63. The molecule has 0 saturated carbocycles. The zero-order valence-corrected chi connectivity index (χ0v) is 12.2. The lowest BCUT2D eigenvalue weighted by atomic mass is 10.2. The van der Waals surface area contributed by atoms with Gasteiger partial charge in [-0.25, -0.2) is 0 Å². The van der Waals surface area contributed by atoms with E-state index in [-0.39, 0.29) is 10.6 Å². The van der Waals surface area contributed by atoms with Crippen LogP contribution in [0.25, 0.3) is 0 Å². The first-order valence-corrected chi connectivity index (χ1v) is 7.55. The number of nitro groups is 1. The zero-order chi connectivity index (χ0) is 14.5. The van der Waals surface area contributed by atoms with E-state index >= 15 is 0 Å². The topological polar surface area (TPSA) is 68.3 Å². The number of hydrogen-bond acceptors (Lipinski definition) is 5. The molecule has 20 heavy (non-hydrogen) atoms. The molecule has 0 bridgehead atoms. The second-order valence-corrected chi connectivity index (χ2v) is 5.28. The quantitative estimate of drug-likeness (QED) is 0.644. The molecule has 0 aliphatic carbocycles. The van der Waals surface area contributed by atoms with Crippen LogP contribution in [0.1, 0.15) is 17.1 Å². The van der Waals surface area contributed by atoms with Crippen molar-refractivity contribution in [3.8, 4) is 0 Å². The maximum absolute atomic E-state index is 10.9. The van der Waals surface area contributed by atoms with Gasteiger partial charge in [0, 0.05) is 17.3 Å². The number of aryl methyl sites for hydroxylation is 1. The molecule has 0 aliphatic heterocycles. The molecule has 5 nitrogen and oxygen atoms in total. The standard InChI is InChI=1S/C14H16N2O3S/c1-10-3-4-11(7-14(10)16(17)18)15-8-12-5-6-13(19-12)9-20-2/h3-7,15H,8-9H2,1-2H3. The Morgan fingerprint density at radius 3 is 2.75 bits per heavy atom. The van der Waals surface area contributed by atoms with Crippen molar-refractivity contribution in [1.29, 1.82) is 0 Å². The molecule has 6 heteroatoms. The zero-order valence-electron chi connectivity index (χ0n) is 11.4. The van der Waals surface area contributed by atoms with Gasteiger partial charge in [-0.05, 0) is 31.4 Å². The first-order chi connectivity index (χ1) is 9.60. The summed E-state index contributed by atoms with van der Waals surface area (Å²) in [5.74, 6) is 2.59. The van der Waals surface area contributed by atoms with E-state index in [1.165, 1.54) is 0 Å². The predicted molar refractivity (Wildman–Crippen MR) is 81.1 cm³/mol. The summed E-state index contributed by atoms with van der Waals surface area (Å²) >= 11 is 1.70. The Morgan fingerprint density at radius 2 is 2.05 bits per heavy atom. The predicted octanol–water partition coefficient (Wildman–Crippen LogP) is 3.97. The van der Waals surface area contributed by atoms with Gasteiger partial charge in [-0.2, -0.15) is 11.8 Å². The molecule has 2 rings (SSSR count). The summed E-state index contributed by atoms with van der Waals surface area (Å²) in [6, 6.07) is 8.98. The highest BCUT2D eigenvalue weighted by atomic mass is 32.2. The van der Waals surface area contributed by atoms with Crippen LogP contribution < -0.4 is 5.32 Å². The SMILES string of the molecule is CSCc1ccc(CNc2ccc(C)c([N+](=O)[O-])c2)o1. The Morgan fingerprint density at radius 1 is 1.30 bits per heavy atom. The first-order valence-electron chi connectivity index (χ1n) is 6.15. The maximum atomic E-state index is 10.9. The van der Waals surface area contributed by atoms with E-state index in [0.717, 1.165) is 17.3 Å². The van der Waals surface area contributed by atoms with E-state index < -0.39 is 0 Å². The molecule has 1 aromatic carbocycles. The van der Waals surface area contributed by atoms with Crippen molar-refractivity contribution in [1.82, 2.24) is 0 Å². The minimum absolute atomic E-state index is 0.123. The Hall–Kier alpha value is -1.95. The van der Waals surface area contributed by atoms with Crippen LogP contribution in [-0.4, -0.2) is 11.2 Å². The van der Waals surface area contributed by atoms with Gasteiger partial charge in [0.25, 0.3) is 5.69 Å². The Kier molecular flexibility index (Phi) is 4.68. The summed E-state index contributed by atoms with van der Waals surface area (Å²) in [5, 5.41) is 14.0. The highest BCUT2D eigenvalue weighted by molar-refractivity contribution is 7.97. The molecule has 0 aliphatic rings. The number of rotatable bonds is 6. The molecule has 1 heterocycles. The van der Waals surface area contributed by atoms with Gasteiger partial charge in [-0.3, -0.25) is 10.1 Å². The van der Waals surface area contributed by atoms with Gasteiger partial charge in [-0.1, -0.05) is 6.07 Å². The highest BCUT2D eigenvalue weighted by Gasteiger charge is 2.11. The van der Waals surface area contributed by atoms with Gasteiger partial charge in [0.2, 0.25) is 0 Å². The van der Waals surface area contributed by atoms with E-state index in [2.05, 4.69) is 5.32 Å². The van der Waals surface area contributed by atoms with Crippen LogP contribution in [0.3, 0.4) is 0 Å². The summed E-state index contributed by atoms with van der Waals surface area (Å²) in [6.45, 7) is 2.23. The fourth-order valence-electron chi connectivity index (χ4n) is 1.84. The molecule has 1 N–H and O–H groups in total. The fourth-order valence-corrected chi connectivity index (χ4v) is 2.28. The maximum Gasteiger partial charge on any atom is 0.274 e. The number of nitrogens with one attached hydrogen (secondary N) is 1. The third kappa shape index (κ3) is 3.54. The molecule has 0 saturated heterocycles. The van der Waals surface area contributed by atoms with E-state index in [1.54, 1.807) is 30.8 Å². The number of furan rings is 1. The molecule has 0 unspecified atom stereocenters. The van der Waals surface area contributed by atoms with E-state index in [4.69, 9.17) is 4.42 Å². The highest BCUT2D eigenvalue weighted by Crippen LogP contribution is 2.23. The van der Waals surface area contributed by atoms with E-state index in [0.29, 0.717) is 17.8 Å². The summed E-state index contributed by atoms with van der Waals surface area (Å²) in [4.78, 5) is 10.5. The number of hydrogen-bond donors (Lipinski definition) is 1. The van der Waals surface area contributed by atoms with Crippen molar-refractivity contribution in [2.75, 3.05) is 11.6 Å². The van der Waals surface area contributed by atoms with Crippen LogP contribution in [-0.2, 0) is 12.3 Å². The molecular formula is C14H16N2O3S. The second kappa shape index (κ2) is 6.47. The number of nitrogens with zero attached hydrogens (tertiary/aromatic N) is 1. The molecule has 0 radical (unpaired) electrons. The number of thioether (sulfide) groups is 1. The monoisotopic (exact) mass is 292 g/mol. The molecule has 106 valence electrons. The lowest BCUT2D eigenvalue weighted by Crippen LogP contribution is -2.00. The van der Waals surface area contributed by atoms with Crippen molar-refractivity contribution < 1.29 is 9.34 Å². The molecule has 0 spiro atoms. The van der Waals surface area contributed by atoms with Crippen molar-refractivity contribution >= 4 is 23.1 Å². The van der Waals surface area contributed by atoms with Gasteiger partial charge < -0.3 is 9.73 Å². The molecule has 0 atom stereocenters. The van der Waals surface area contributed by atoms with Crippen molar-refractivity contribution in [3.63, 3.8) is 0 Å². The van der Waals surface area contributed by atoms with Crippen molar-refractivity contribution in [3.05, 3.63) is 57.5 Å². The Bertz CT molecular complexity index is 610. The van der Waals surface area contributed by atoms with E-state index in [1.807, 2.05) is 24.5 Å². The van der Waals surface area contributed by atoms with Gasteiger partial charge in [-0.15, -0.1) is 0 Å². The van der Waals surface area contributed by atoms with E-state index in [9.17, 15) is 10.1 Å². The minimum Gasteiger partial charge on any atom is -0.463 e. The first kappa shape index (κ1) is 14.5. The Balaban J connectivity index is 2.03. The molecule has 1 aromatic heterocycles. The van der Waals surface area contributed by atoms with Crippen LogP contribution in [0.4, 0.5) is 11.4 Å². The van der Waals surface area contributed by atoms with Crippen LogP contribution >= 0.6 is 11.8 Å². The summed E-state index contributed by atoms with van der Waals surface area (Å²) in [6.07, 6.45) is 2.02. The molecule has 0 amide bonds. The van der Waals surface area contributed by atoms with Gasteiger partial charge in [0.15, 0.2) is 0 Å². The molecular weight excluding hydrogens is 276 g/mol. The van der Waals surface area contributed by atoms with Crippen molar-refractivity contribution in [2.45, 2.75) is 19.2 Å². The lowest BCUT2D eigenvalue weighted by molar-refractivity contribution is -0.385. The second-order valence-electron chi connectivity index (χ2n) is 4.41. The number of nitro benzene ring substituents is 1. The van der Waals surface area contributed by atoms with Crippen LogP contribution in [0.5, 0.6) is 0 Å². The van der Waals surface area contributed by atoms with Crippen molar-refractivity contribution in [2.24, 2.45) is 0 Å². The van der Waals surface area contributed by atoms with Crippen LogP contribution in [0.15, 0.2) is 34.7 Å². The number of anilines is 1. The number of benzene rings is 1. The molecule has 2 aromatic rings. The summed E-state index contributed by atoms with van der Waals surface area (Å²) in [5.41, 5.74) is 1.49. The summed E-state index contributed by atoms with van der Waals surface area (Å²) in [7, 11) is 0. The van der Waals surface area contributed by atoms with Gasteiger partial charge in [0.1, 0.15) is 11.5 Å². The van der Waals surface area contributed by atoms with Gasteiger partial charge >= 0.3 is 0 Å². The fraction of sp³-hybridized carbons (Fsp3) is 0.286. The minimum atomic E-state index is -0.371. The normalized spacial score (nSPS) is 10.5. The largest absolute Gasteiger partial charge is 0.463 e. The third-order valence-corrected chi connectivity index (χ3v) is 3.45. The van der Waals surface area contributed by atoms with Crippen LogP contribution in [0, 0.1) is 17.0 Å². The Labute approximate surface area is 121 Å². The average molecular weight is 292 g/mol. The molecule has 0 fully saturated rings. The van der Waals surface area contributed by atoms with Gasteiger partial charge in [0.05, 0.1) is 17.2 Å². The lowest BCUT2D eigenvalue weighted by Gasteiger charge is -2.05. The average Bonchev–Trinajstić information content (AvgIpc) is 2.86. The van der Waals surface area contributed by atoms with Crippen LogP contribution in [0.2, 0.25) is 0 Å². The smallest absolute Gasteiger partial charge is 0.274 e. The third-order valence-electron chi connectivity index (χ3n) is 2.88.